The SMILES string of the molecule is CC1C=C(S(=O)(=O)O)c2ccccc2C1. The standard InChI is InChI=1S/C11H12O3S/c1-8-6-9-4-2-3-5-10(9)11(7-8)15(12,13)14/h2-5,7-8H,6H2,1H3,(H,12,13,14). The van der Waals surface area contributed by atoms with Crippen molar-refractivity contribution in [2.45, 2.75) is 13.3 Å². The van der Waals surface area contributed by atoms with Crippen LogP contribution in [0.4, 0.5) is 0 Å². The lowest BCUT2D eigenvalue weighted by Crippen LogP contribution is -2.12. The molecule has 0 saturated carbocycles. The summed E-state index contributed by atoms with van der Waals surface area (Å²) in [6.45, 7) is 1.93. The summed E-state index contributed by atoms with van der Waals surface area (Å²) in [7, 11) is -4.11. The highest BCUT2D eigenvalue weighted by Gasteiger charge is 2.24. The van der Waals surface area contributed by atoms with E-state index in [1.165, 1.54) is 0 Å². The zero-order chi connectivity index (χ0) is 11.1. The summed E-state index contributed by atoms with van der Waals surface area (Å²) in [6, 6.07) is 7.26. The first-order valence-corrected chi connectivity index (χ1v) is 6.20. The highest BCUT2D eigenvalue weighted by molar-refractivity contribution is 7.95. The molecular weight excluding hydrogens is 212 g/mol. The topological polar surface area (TPSA) is 54.4 Å². The van der Waals surface area contributed by atoms with E-state index in [1.54, 1.807) is 18.2 Å². The maximum absolute atomic E-state index is 11.2. The maximum Gasteiger partial charge on any atom is 0.294 e. The normalized spacial score (nSPS) is 20.7. The molecule has 3 nitrogen and oxygen atoms in total. The van der Waals surface area contributed by atoms with Gasteiger partial charge in [0, 0.05) is 0 Å². The molecule has 0 aromatic heterocycles. The monoisotopic (exact) mass is 224 g/mol. The van der Waals surface area contributed by atoms with E-state index >= 15 is 0 Å². The van der Waals surface area contributed by atoms with Crippen molar-refractivity contribution in [3.8, 4) is 0 Å². The second-order valence-corrected chi connectivity index (χ2v) is 5.23. The average molecular weight is 224 g/mol. The van der Waals surface area contributed by atoms with Crippen LogP contribution in [0.15, 0.2) is 30.3 Å². The van der Waals surface area contributed by atoms with Crippen LogP contribution < -0.4 is 0 Å². The molecule has 80 valence electrons. The number of rotatable bonds is 1. The van der Waals surface area contributed by atoms with Crippen LogP contribution in [0, 0.1) is 5.92 Å². The third-order valence-electron chi connectivity index (χ3n) is 2.54. The quantitative estimate of drug-likeness (QED) is 0.743. The summed E-state index contributed by atoms with van der Waals surface area (Å²) in [5.41, 5.74) is 1.60. The van der Waals surface area contributed by atoms with E-state index in [0.29, 0.717) is 5.56 Å². The number of benzene rings is 1. The summed E-state index contributed by atoms with van der Waals surface area (Å²) in [5, 5.41) is 0. The first kappa shape index (κ1) is 10.4. The molecule has 1 unspecified atom stereocenters. The minimum Gasteiger partial charge on any atom is -0.282 e. The van der Waals surface area contributed by atoms with E-state index in [2.05, 4.69) is 0 Å². The molecule has 0 radical (unpaired) electrons. The third-order valence-corrected chi connectivity index (χ3v) is 3.45. The summed E-state index contributed by atoms with van der Waals surface area (Å²) in [6.07, 6.45) is 2.42. The average Bonchev–Trinajstić information content (AvgIpc) is 2.15. The van der Waals surface area contributed by atoms with Gasteiger partial charge in [0.15, 0.2) is 0 Å². The first-order chi connectivity index (χ1) is 6.98. The maximum atomic E-state index is 11.2. The van der Waals surface area contributed by atoms with E-state index in [0.717, 1.165) is 12.0 Å². The van der Waals surface area contributed by atoms with Gasteiger partial charge in [-0.1, -0.05) is 37.3 Å². The van der Waals surface area contributed by atoms with Crippen molar-refractivity contribution < 1.29 is 13.0 Å². The Kier molecular flexibility index (Phi) is 2.40. The van der Waals surface area contributed by atoms with Gasteiger partial charge in [0.25, 0.3) is 10.1 Å². The summed E-state index contributed by atoms with van der Waals surface area (Å²) < 4.78 is 31.5. The van der Waals surface area contributed by atoms with Gasteiger partial charge in [0.1, 0.15) is 0 Å². The number of hydrogen-bond donors (Lipinski definition) is 1. The van der Waals surface area contributed by atoms with Crippen molar-refractivity contribution in [1.82, 2.24) is 0 Å². The molecule has 15 heavy (non-hydrogen) atoms. The van der Waals surface area contributed by atoms with Gasteiger partial charge >= 0.3 is 0 Å². The van der Waals surface area contributed by atoms with Gasteiger partial charge in [-0.3, -0.25) is 4.55 Å². The number of fused-ring (bicyclic) bond motifs is 1. The molecular formula is C11H12O3S. The second kappa shape index (κ2) is 3.47. The number of allylic oxidation sites excluding steroid dienone is 1. The molecule has 1 aliphatic rings. The van der Waals surface area contributed by atoms with Crippen LogP contribution in [0.5, 0.6) is 0 Å². The van der Waals surface area contributed by atoms with Crippen molar-refractivity contribution in [2.24, 2.45) is 5.92 Å². The predicted molar refractivity (Wildman–Crippen MR) is 58.8 cm³/mol. The Balaban J connectivity index is 2.65. The van der Waals surface area contributed by atoms with Gasteiger partial charge in [0.2, 0.25) is 0 Å². The van der Waals surface area contributed by atoms with E-state index in [1.807, 2.05) is 19.1 Å². The highest BCUT2D eigenvalue weighted by Crippen LogP contribution is 2.31. The van der Waals surface area contributed by atoms with Gasteiger partial charge in [-0.05, 0) is 23.5 Å². The Morgan fingerprint density at radius 2 is 2.00 bits per heavy atom. The van der Waals surface area contributed by atoms with Crippen LogP contribution in [0.1, 0.15) is 18.1 Å². The zero-order valence-electron chi connectivity index (χ0n) is 8.34. The van der Waals surface area contributed by atoms with Gasteiger partial charge in [-0.2, -0.15) is 8.42 Å². The molecule has 4 heteroatoms. The minimum absolute atomic E-state index is 0.0388. The van der Waals surface area contributed by atoms with Gasteiger partial charge in [-0.25, -0.2) is 0 Å². The zero-order valence-corrected chi connectivity index (χ0v) is 9.16. The largest absolute Gasteiger partial charge is 0.294 e. The molecule has 0 aliphatic heterocycles. The molecule has 0 saturated heterocycles. The lowest BCUT2D eigenvalue weighted by Gasteiger charge is -2.19. The molecule has 1 aromatic rings. The lowest BCUT2D eigenvalue weighted by atomic mass is 9.91. The Bertz CT molecular complexity index is 514. The second-order valence-electron chi connectivity index (χ2n) is 3.84. The third kappa shape index (κ3) is 1.96. The predicted octanol–water partition coefficient (Wildman–Crippen LogP) is 2.11. The van der Waals surface area contributed by atoms with Crippen molar-refractivity contribution in [1.29, 1.82) is 0 Å². The Morgan fingerprint density at radius 1 is 1.33 bits per heavy atom. The van der Waals surface area contributed by atoms with Crippen molar-refractivity contribution in [3.05, 3.63) is 41.5 Å². The van der Waals surface area contributed by atoms with Crippen LogP contribution in [-0.4, -0.2) is 13.0 Å². The fourth-order valence-electron chi connectivity index (χ4n) is 1.92. The molecule has 1 aliphatic carbocycles. The Morgan fingerprint density at radius 3 is 2.67 bits per heavy atom. The molecule has 0 amide bonds. The Hall–Kier alpha value is -1.13. The van der Waals surface area contributed by atoms with Crippen LogP contribution >= 0.6 is 0 Å². The molecule has 0 fully saturated rings. The van der Waals surface area contributed by atoms with Crippen LogP contribution in [0.25, 0.3) is 4.91 Å². The first-order valence-electron chi connectivity index (χ1n) is 4.76. The van der Waals surface area contributed by atoms with Gasteiger partial charge in [0.05, 0.1) is 4.91 Å². The molecule has 1 N–H and O–H groups in total. The van der Waals surface area contributed by atoms with Gasteiger partial charge < -0.3 is 0 Å². The van der Waals surface area contributed by atoms with Crippen molar-refractivity contribution >= 4 is 15.0 Å². The molecule has 0 bridgehead atoms. The molecule has 1 aromatic carbocycles. The fraction of sp³-hybridized carbons (Fsp3) is 0.273. The van der Waals surface area contributed by atoms with Crippen molar-refractivity contribution in [2.75, 3.05) is 0 Å². The van der Waals surface area contributed by atoms with Crippen molar-refractivity contribution in [3.63, 3.8) is 0 Å². The van der Waals surface area contributed by atoms with E-state index < -0.39 is 10.1 Å². The Labute approximate surface area is 89.2 Å². The highest BCUT2D eigenvalue weighted by atomic mass is 32.2. The van der Waals surface area contributed by atoms with E-state index in [9.17, 15) is 8.42 Å². The van der Waals surface area contributed by atoms with Gasteiger partial charge in [-0.15, -0.1) is 0 Å². The number of hydrogen-bond acceptors (Lipinski definition) is 2. The van der Waals surface area contributed by atoms with E-state index in [-0.39, 0.29) is 10.8 Å². The molecule has 0 heterocycles. The molecule has 1 atom stereocenters. The summed E-state index contributed by atoms with van der Waals surface area (Å²) >= 11 is 0. The van der Waals surface area contributed by atoms with Crippen LogP contribution in [0.2, 0.25) is 0 Å². The summed E-state index contributed by atoms with van der Waals surface area (Å²) in [5.74, 6) is 0.136. The van der Waals surface area contributed by atoms with Crippen LogP contribution in [-0.2, 0) is 16.5 Å². The summed E-state index contributed by atoms with van der Waals surface area (Å²) in [4.78, 5) is 0.0388. The van der Waals surface area contributed by atoms with Crippen LogP contribution in [0.3, 0.4) is 0 Å². The smallest absolute Gasteiger partial charge is 0.282 e. The molecule has 2 rings (SSSR count). The van der Waals surface area contributed by atoms with E-state index in [4.69, 9.17) is 4.55 Å². The minimum atomic E-state index is -4.11. The molecule has 0 spiro atoms. The fourth-order valence-corrected chi connectivity index (χ4v) is 2.80. The lowest BCUT2D eigenvalue weighted by molar-refractivity contribution is 0.495.